The molecule has 230 valence electrons. The van der Waals surface area contributed by atoms with Gasteiger partial charge < -0.3 is 15.0 Å². The third kappa shape index (κ3) is 8.05. The minimum absolute atomic E-state index is 0.0157. The van der Waals surface area contributed by atoms with Crippen LogP contribution in [-0.2, 0) is 32.6 Å². The number of methoxy groups -OCH3 is 1. The van der Waals surface area contributed by atoms with Crippen molar-refractivity contribution in [2.24, 2.45) is 0 Å². The summed E-state index contributed by atoms with van der Waals surface area (Å²) in [6, 6.07) is 30.9. The topological polar surface area (TPSA) is 96.0 Å². The number of rotatable bonds is 14. The van der Waals surface area contributed by atoms with Crippen molar-refractivity contribution in [1.82, 2.24) is 10.2 Å². The zero-order chi connectivity index (χ0) is 31.5. The van der Waals surface area contributed by atoms with Gasteiger partial charge in [0, 0.05) is 19.5 Å². The van der Waals surface area contributed by atoms with Gasteiger partial charge in [0.25, 0.3) is 10.0 Å². The summed E-state index contributed by atoms with van der Waals surface area (Å²) in [7, 11) is -2.67. The number of carbonyl (C=O) groups excluding carboxylic acids is 2. The molecule has 2 amide bonds. The van der Waals surface area contributed by atoms with Crippen molar-refractivity contribution in [3.05, 3.63) is 126 Å². The number of ether oxygens (including phenoxy) is 1. The monoisotopic (exact) mass is 613 g/mol. The Morgan fingerprint density at radius 2 is 1.45 bits per heavy atom. The number of nitrogens with one attached hydrogen (secondary N) is 1. The molecule has 0 radical (unpaired) electrons. The Bertz CT molecular complexity index is 1630. The molecule has 0 aliphatic heterocycles. The van der Waals surface area contributed by atoms with Crippen LogP contribution >= 0.6 is 0 Å². The van der Waals surface area contributed by atoms with E-state index in [1.807, 2.05) is 68.4 Å². The Morgan fingerprint density at radius 1 is 0.841 bits per heavy atom. The van der Waals surface area contributed by atoms with Crippen molar-refractivity contribution in [3.63, 3.8) is 0 Å². The highest BCUT2D eigenvalue weighted by molar-refractivity contribution is 7.92. The van der Waals surface area contributed by atoms with E-state index in [9.17, 15) is 18.0 Å². The lowest BCUT2D eigenvalue weighted by Crippen LogP contribution is -2.53. The molecule has 4 rings (SSSR count). The normalized spacial score (nSPS) is 11.8. The number of hydrogen-bond donors (Lipinski definition) is 1. The average Bonchev–Trinajstić information content (AvgIpc) is 3.05. The van der Waals surface area contributed by atoms with Crippen LogP contribution in [0.4, 0.5) is 5.69 Å². The molecule has 1 N–H and O–H groups in total. The summed E-state index contributed by atoms with van der Waals surface area (Å²) in [5, 5.41) is 2.96. The van der Waals surface area contributed by atoms with Crippen LogP contribution in [0.1, 0.15) is 30.0 Å². The summed E-state index contributed by atoms with van der Waals surface area (Å²) in [4.78, 5) is 29.7. The first kappa shape index (κ1) is 32.3. The van der Waals surface area contributed by atoms with E-state index >= 15 is 0 Å². The minimum Gasteiger partial charge on any atom is -0.497 e. The molecule has 8 nitrogen and oxygen atoms in total. The van der Waals surface area contributed by atoms with Crippen molar-refractivity contribution < 1.29 is 22.7 Å². The van der Waals surface area contributed by atoms with Gasteiger partial charge in [0.2, 0.25) is 11.8 Å². The second kappa shape index (κ2) is 15.2. The molecule has 4 aromatic carbocycles. The molecule has 0 aromatic heterocycles. The first-order valence-corrected chi connectivity index (χ1v) is 16.1. The van der Waals surface area contributed by atoms with E-state index < -0.39 is 28.5 Å². The molecule has 0 saturated heterocycles. The number of para-hydroxylation sites is 1. The van der Waals surface area contributed by atoms with Gasteiger partial charge in [-0.05, 0) is 66.4 Å². The first-order chi connectivity index (χ1) is 21.2. The zero-order valence-electron chi connectivity index (χ0n) is 25.3. The number of nitrogens with zero attached hydrogens (tertiary/aromatic N) is 2. The lowest BCUT2D eigenvalue weighted by atomic mass is 10.0. The summed E-state index contributed by atoms with van der Waals surface area (Å²) < 4.78 is 34.5. The third-order valence-electron chi connectivity index (χ3n) is 7.39. The van der Waals surface area contributed by atoms with E-state index in [4.69, 9.17) is 4.74 Å². The summed E-state index contributed by atoms with van der Waals surface area (Å²) in [6.07, 6.45) is 1.00. The molecule has 0 fully saturated rings. The predicted octanol–water partition coefficient (Wildman–Crippen LogP) is 5.37. The van der Waals surface area contributed by atoms with Crippen molar-refractivity contribution in [3.8, 4) is 5.75 Å². The van der Waals surface area contributed by atoms with Gasteiger partial charge in [-0.25, -0.2) is 8.42 Å². The maximum atomic E-state index is 14.5. The molecule has 0 bridgehead atoms. The Hall–Kier alpha value is -4.63. The van der Waals surface area contributed by atoms with Crippen LogP contribution in [-0.4, -0.2) is 51.4 Å². The van der Waals surface area contributed by atoms with Gasteiger partial charge in [-0.2, -0.15) is 0 Å². The molecular weight excluding hydrogens is 574 g/mol. The molecule has 0 unspecified atom stereocenters. The Kier molecular flexibility index (Phi) is 11.2. The largest absolute Gasteiger partial charge is 0.497 e. The van der Waals surface area contributed by atoms with E-state index in [-0.39, 0.29) is 23.8 Å². The smallest absolute Gasteiger partial charge is 0.264 e. The quantitative estimate of drug-likeness (QED) is 0.207. The fourth-order valence-electron chi connectivity index (χ4n) is 4.89. The van der Waals surface area contributed by atoms with Crippen molar-refractivity contribution in [2.45, 2.75) is 44.2 Å². The summed E-state index contributed by atoms with van der Waals surface area (Å²) >= 11 is 0. The highest BCUT2D eigenvalue weighted by atomic mass is 32.2. The van der Waals surface area contributed by atoms with Crippen LogP contribution in [0.15, 0.2) is 114 Å². The Morgan fingerprint density at radius 3 is 2.07 bits per heavy atom. The van der Waals surface area contributed by atoms with Gasteiger partial charge in [-0.15, -0.1) is 0 Å². The van der Waals surface area contributed by atoms with Crippen LogP contribution in [0, 0.1) is 6.92 Å². The van der Waals surface area contributed by atoms with Crippen LogP contribution in [0.5, 0.6) is 5.75 Å². The van der Waals surface area contributed by atoms with Gasteiger partial charge >= 0.3 is 0 Å². The molecule has 0 aliphatic carbocycles. The van der Waals surface area contributed by atoms with Gasteiger partial charge in [-0.3, -0.25) is 13.9 Å². The van der Waals surface area contributed by atoms with E-state index in [1.54, 1.807) is 42.5 Å². The standard InChI is InChI=1S/C35H39N3O5S/c1-4-23-36-35(40)33(24-28-14-7-5-8-15-28)37(25-29-16-12-11-13-27(29)2)34(39)26-38(30-17-9-6-10-18-30)44(41,42)32-21-19-31(43-3)20-22-32/h5-22,33H,4,23-26H2,1-3H3,(H,36,40)/t33-/m0/s1. The molecule has 1 atom stereocenters. The molecule has 0 saturated carbocycles. The summed E-state index contributed by atoms with van der Waals surface area (Å²) in [6.45, 7) is 4.00. The highest BCUT2D eigenvalue weighted by Gasteiger charge is 2.34. The fourth-order valence-corrected chi connectivity index (χ4v) is 6.30. The second-order valence-corrected chi connectivity index (χ2v) is 12.3. The fraction of sp³-hybridized carbons (Fsp3) is 0.257. The summed E-state index contributed by atoms with van der Waals surface area (Å²) in [5.41, 5.74) is 3.05. The molecule has 0 heterocycles. The van der Waals surface area contributed by atoms with E-state index in [0.29, 0.717) is 18.0 Å². The second-order valence-electron chi connectivity index (χ2n) is 10.5. The lowest BCUT2D eigenvalue weighted by molar-refractivity contribution is -0.140. The molecule has 0 aliphatic rings. The molecule has 9 heteroatoms. The summed E-state index contributed by atoms with van der Waals surface area (Å²) in [5.74, 6) is -0.277. The van der Waals surface area contributed by atoms with E-state index in [1.165, 1.54) is 24.1 Å². The maximum absolute atomic E-state index is 14.5. The van der Waals surface area contributed by atoms with Gasteiger partial charge in [-0.1, -0.05) is 79.7 Å². The zero-order valence-corrected chi connectivity index (χ0v) is 26.2. The predicted molar refractivity (Wildman–Crippen MR) is 173 cm³/mol. The Labute approximate surface area is 260 Å². The SMILES string of the molecule is CCCNC(=O)[C@H](Cc1ccccc1)N(Cc1ccccc1C)C(=O)CN(c1ccccc1)S(=O)(=O)c1ccc(OC)cc1. The van der Waals surface area contributed by atoms with Crippen LogP contribution in [0.3, 0.4) is 0 Å². The first-order valence-electron chi connectivity index (χ1n) is 14.6. The number of benzene rings is 4. The lowest BCUT2D eigenvalue weighted by Gasteiger charge is -2.34. The van der Waals surface area contributed by atoms with Crippen LogP contribution in [0.25, 0.3) is 0 Å². The highest BCUT2D eigenvalue weighted by Crippen LogP contribution is 2.26. The number of aryl methyl sites for hydroxylation is 1. The van der Waals surface area contributed by atoms with Crippen molar-refractivity contribution >= 4 is 27.5 Å². The van der Waals surface area contributed by atoms with Gasteiger partial charge in [0.15, 0.2) is 0 Å². The average molecular weight is 614 g/mol. The third-order valence-corrected chi connectivity index (χ3v) is 9.18. The van der Waals surface area contributed by atoms with Crippen LogP contribution in [0.2, 0.25) is 0 Å². The molecular formula is C35H39N3O5S. The van der Waals surface area contributed by atoms with Gasteiger partial charge in [0.05, 0.1) is 17.7 Å². The molecule has 0 spiro atoms. The number of amides is 2. The number of hydrogen-bond acceptors (Lipinski definition) is 5. The number of anilines is 1. The van der Waals surface area contributed by atoms with Crippen molar-refractivity contribution in [2.75, 3.05) is 24.5 Å². The molecule has 44 heavy (non-hydrogen) atoms. The molecule has 4 aromatic rings. The van der Waals surface area contributed by atoms with E-state index in [0.717, 1.165) is 27.4 Å². The van der Waals surface area contributed by atoms with Crippen molar-refractivity contribution in [1.29, 1.82) is 0 Å². The number of sulfonamides is 1. The van der Waals surface area contributed by atoms with E-state index in [2.05, 4.69) is 5.32 Å². The van der Waals surface area contributed by atoms with Gasteiger partial charge in [0.1, 0.15) is 18.3 Å². The Balaban J connectivity index is 1.78. The number of carbonyl (C=O) groups is 2. The maximum Gasteiger partial charge on any atom is 0.264 e. The minimum atomic E-state index is -4.18. The van der Waals surface area contributed by atoms with Crippen LogP contribution < -0.4 is 14.4 Å².